The molecule has 0 radical (unpaired) electrons. The molecule has 1 saturated heterocycles. The van der Waals surface area contributed by atoms with Gasteiger partial charge >= 0.3 is 0 Å². The summed E-state index contributed by atoms with van der Waals surface area (Å²) >= 11 is 0. The molecule has 8 rings (SSSR count). The van der Waals surface area contributed by atoms with Gasteiger partial charge in [0, 0.05) is 24.3 Å². The van der Waals surface area contributed by atoms with Gasteiger partial charge in [-0.3, -0.25) is 24.5 Å². The van der Waals surface area contributed by atoms with Crippen LogP contribution in [-0.2, 0) is 26.2 Å². The molecule has 9 nitrogen and oxygen atoms in total. The number of rotatable bonds is 6. The highest BCUT2D eigenvalue weighted by atomic mass is 19.1. The lowest BCUT2D eigenvalue weighted by atomic mass is 9.47. The zero-order chi connectivity index (χ0) is 29.9. The van der Waals surface area contributed by atoms with E-state index in [4.69, 9.17) is 0 Å². The lowest BCUT2D eigenvalue weighted by Crippen LogP contribution is -2.54. The monoisotopic (exact) mass is 574 g/mol. The molecule has 1 N–H and O–H groups in total. The molecule has 4 aromatic carbocycles. The first kappa shape index (κ1) is 26.4. The first-order chi connectivity index (χ1) is 20.8. The molecule has 212 valence electrons. The van der Waals surface area contributed by atoms with Crippen LogP contribution in [0.2, 0.25) is 0 Å². The molecule has 2 bridgehead atoms. The second kappa shape index (κ2) is 9.80. The Bertz CT molecular complexity index is 1810. The number of carbonyl (C=O) groups excluding carboxylic acids is 3. The van der Waals surface area contributed by atoms with Gasteiger partial charge in [0.2, 0.25) is 17.7 Å². The van der Waals surface area contributed by atoms with Crippen LogP contribution in [0.5, 0.6) is 0 Å². The number of hydrazone groups is 1. The summed E-state index contributed by atoms with van der Waals surface area (Å²) in [6.45, 7) is 0. The number of nitrogens with one attached hydrogen (secondary N) is 1. The fourth-order valence-corrected chi connectivity index (χ4v) is 7.06. The zero-order valence-electron chi connectivity index (χ0n) is 22.5. The molecule has 43 heavy (non-hydrogen) atoms. The van der Waals surface area contributed by atoms with Gasteiger partial charge in [-0.25, -0.2) is 14.7 Å². The van der Waals surface area contributed by atoms with Gasteiger partial charge in [0.1, 0.15) is 5.82 Å². The van der Waals surface area contributed by atoms with Crippen LogP contribution < -0.4 is 10.3 Å². The van der Waals surface area contributed by atoms with Gasteiger partial charge in [-0.1, -0.05) is 60.7 Å². The van der Waals surface area contributed by atoms with Crippen molar-refractivity contribution in [2.45, 2.75) is 17.8 Å². The molecule has 2 atom stereocenters. The van der Waals surface area contributed by atoms with E-state index in [0.29, 0.717) is 11.3 Å². The van der Waals surface area contributed by atoms with E-state index in [-0.39, 0.29) is 23.9 Å². The topological polar surface area (TPSA) is 122 Å². The average Bonchev–Trinajstić information content (AvgIpc) is 3.28. The third-order valence-electron chi connectivity index (χ3n) is 8.74. The van der Waals surface area contributed by atoms with Gasteiger partial charge in [0.05, 0.1) is 34.3 Å². The van der Waals surface area contributed by atoms with Gasteiger partial charge < -0.3 is 0 Å². The molecule has 1 fully saturated rings. The fraction of sp³-hybridized carbons (Fsp3) is 0.152. The zero-order valence-corrected chi connectivity index (χ0v) is 22.5. The van der Waals surface area contributed by atoms with Crippen molar-refractivity contribution in [1.29, 1.82) is 0 Å². The summed E-state index contributed by atoms with van der Waals surface area (Å²) in [5, 5.41) is 15.3. The standard InChI is InChI=1S/C33H23FN4O5/c34-20-11-15-21(16-12-20)37-31(40)29-28-23-5-1-3-7-25(23)33(30(29)32(37)41,26-8-4-2-6-24(26)28)18-35-36-27(39)17-19-9-13-22(14-10-19)38(42)43/h1-16,18,28-30H,17H2,(H,36,39)/b35-18-/t28?,29-,30+,33?/m0/s1. The minimum Gasteiger partial charge on any atom is -0.274 e. The van der Waals surface area contributed by atoms with E-state index < -0.39 is 39.8 Å². The van der Waals surface area contributed by atoms with Crippen molar-refractivity contribution in [2.24, 2.45) is 16.9 Å². The third kappa shape index (κ3) is 3.90. The Labute approximate surface area is 244 Å². The fourth-order valence-electron chi connectivity index (χ4n) is 7.06. The molecular weight excluding hydrogens is 551 g/mol. The van der Waals surface area contributed by atoms with Crippen LogP contribution >= 0.6 is 0 Å². The van der Waals surface area contributed by atoms with E-state index in [0.717, 1.165) is 27.2 Å². The maximum atomic E-state index is 14.3. The largest absolute Gasteiger partial charge is 0.274 e. The molecule has 0 aromatic heterocycles. The molecule has 10 heteroatoms. The highest BCUT2D eigenvalue weighted by Crippen LogP contribution is 2.63. The van der Waals surface area contributed by atoms with Gasteiger partial charge in [0.15, 0.2) is 0 Å². The Morgan fingerprint density at radius 1 is 0.907 bits per heavy atom. The van der Waals surface area contributed by atoms with Crippen molar-refractivity contribution >= 4 is 35.3 Å². The Morgan fingerprint density at radius 3 is 2.12 bits per heavy atom. The highest BCUT2D eigenvalue weighted by Gasteiger charge is 2.68. The molecule has 4 aliphatic rings. The molecule has 3 aliphatic carbocycles. The Hall–Kier alpha value is -5.51. The van der Waals surface area contributed by atoms with Crippen LogP contribution in [0.15, 0.2) is 102 Å². The number of benzene rings is 4. The normalized spacial score (nSPS) is 23.2. The van der Waals surface area contributed by atoms with Crippen molar-refractivity contribution in [1.82, 2.24) is 5.43 Å². The lowest BCUT2D eigenvalue weighted by Gasteiger charge is -2.52. The molecule has 0 saturated carbocycles. The number of nitro groups is 1. The average molecular weight is 575 g/mol. The quantitative estimate of drug-likeness (QED) is 0.156. The Kier molecular flexibility index (Phi) is 6.01. The van der Waals surface area contributed by atoms with Gasteiger partial charge in [-0.05, 0) is 52.1 Å². The lowest BCUT2D eigenvalue weighted by molar-refractivity contribution is -0.384. The van der Waals surface area contributed by atoms with Crippen molar-refractivity contribution in [2.75, 3.05) is 4.90 Å². The van der Waals surface area contributed by atoms with Crippen LogP contribution in [0, 0.1) is 27.8 Å². The van der Waals surface area contributed by atoms with E-state index in [1.165, 1.54) is 48.5 Å². The summed E-state index contributed by atoms with van der Waals surface area (Å²) in [4.78, 5) is 52.8. The first-order valence-corrected chi connectivity index (χ1v) is 13.7. The first-order valence-electron chi connectivity index (χ1n) is 13.7. The van der Waals surface area contributed by atoms with E-state index >= 15 is 0 Å². The second-order valence-electron chi connectivity index (χ2n) is 10.9. The summed E-state index contributed by atoms with van der Waals surface area (Å²) in [5.41, 5.74) is 5.64. The Balaban J connectivity index is 1.30. The molecule has 4 aromatic rings. The van der Waals surface area contributed by atoms with Crippen molar-refractivity contribution in [3.63, 3.8) is 0 Å². The van der Waals surface area contributed by atoms with Crippen LogP contribution in [0.1, 0.15) is 33.7 Å². The number of amides is 3. The van der Waals surface area contributed by atoms with E-state index in [1.807, 2.05) is 48.5 Å². The molecular formula is C33H23FN4O5. The smallest absolute Gasteiger partial charge is 0.269 e. The molecule has 1 heterocycles. The maximum Gasteiger partial charge on any atom is 0.269 e. The van der Waals surface area contributed by atoms with Crippen molar-refractivity contribution in [3.05, 3.63) is 141 Å². The molecule has 1 aliphatic heterocycles. The summed E-state index contributed by atoms with van der Waals surface area (Å²) in [7, 11) is 0. The van der Waals surface area contributed by atoms with E-state index in [1.54, 1.807) is 6.21 Å². The number of nitro benzene ring substituents is 1. The van der Waals surface area contributed by atoms with Gasteiger partial charge in [-0.15, -0.1) is 0 Å². The number of anilines is 1. The van der Waals surface area contributed by atoms with Crippen LogP contribution in [0.4, 0.5) is 15.8 Å². The molecule has 0 unspecified atom stereocenters. The maximum absolute atomic E-state index is 14.3. The van der Waals surface area contributed by atoms with Gasteiger partial charge in [-0.2, -0.15) is 5.10 Å². The Morgan fingerprint density at radius 2 is 1.51 bits per heavy atom. The number of hydrogen-bond donors (Lipinski definition) is 1. The van der Waals surface area contributed by atoms with E-state index in [9.17, 15) is 28.9 Å². The highest BCUT2D eigenvalue weighted by molar-refractivity contribution is 6.25. The molecule has 0 spiro atoms. The number of halogens is 1. The summed E-state index contributed by atoms with van der Waals surface area (Å²) in [6, 6.07) is 26.3. The van der Waals surface area contributed by atoms with Crippen LogP contribution in [0.25, 0.3) is 0 Å². The van der Waals surface area contributed by atoms with Crippen molar-refractivity contribution in [3.8, 4) is 0 Å². The number of imide groups is 1. The molecule has 3 amide bonds. The minimum absolute atomic E-state index is 0.0700. The summed E-state index contributed by atoms with van der Waals surface area (Å²) in [5.74, 6) is -3.67. The van der Waals surface area contributed by atoms with Crippen LogP contribution in [0.3, 0.4) is 0 Å². The summed E-state index contributed by atoms with van der Waals surface area (Å²) in [6.07, 6.45) is 1.49. The van der Waals surface area contributed by atoms with Crippen molar-refractivity contribution < 1.29 is 23.7 Å². The second-order valence-corrected chi connectivity index (χ2v) is 10.9. The minimum atomic E-state index is -1.17. The van der Waals surface area contributed by atoms with E-state index in [2.05, 4.69) is 10.5 Å². The predicted octanol–water partition coefficient (Wildman–Crippen LogP) is 4.63. The van der Waals surface area contributed by atoms with Gasteiger partial charge in [0.25, 0.3) is 5.69 Å². The number of carbonyl (C=O) groups is 3. The third-order valence-corrected chi connectivity index (χ3v) is 8.74. The predicted molar refractivity (Wildman–Crippen MR) is 155 cm³/mol. The summed E-state index contributed by atoms with van der Waals surface area (Å²) < 4.78 is 13.7. The number of nitrogens with zero attached hydrogens (tertiary/aromatic N) is 3. The number of non-ortho nitro benzene ring substituents is 1. The number of hydrogen-bond acceptors (Lipinski definition) is 6. The van der Waals surface area contributed by atoms with Crippen LogP contribution in [-0.4, -0.2) is 28.9 Å². The SMILES string of the molecule is O=C(Cc1ccc([N+](=O)[O-])cc1)N/N=C\C12c3ccccc3C(c3ccccc31)[C@@H]1C(=O)N(c3ccc(F)cc3)C(=O)[C@@H]12.